The summed E-state index contributed by atoms with van der Waals surface area (Å²) in [5.41, 5.74) is -1.21. The summed E-state index contributed by atoms with van der Waals surface area (Å²) in [6.07, 6.45) is -1.63. The van der Waals surface area contributed by atoms with Gasteiger partial charge in [-0.25, -0.2) is 14.4 Å². The highest BCUT2D eigenvalue weighted by Crippen LogP contribution is 2.27. The van der Waals surface area contributed by atoms with Crippen molar-refractivity contribution in [2.45, 2.75) is 52.7 Å². The van der Waals surface area contributed by atoms with Gasteiger partial charge in [0, 0.05) is 27.3 Å². The number of anilines is 1. The predicted octanol–water partition coefficient (Wildman–Crippen LogP) is 5.57. The van der Waals surface area contributed by atoms with Crippen molar-refractivity contribution in [2.75, 3.05) is 18.6 Å². The number of carbonyl (C=O) groups excluding carboxylic acids is 3. The first-order chi connectivity index (χ1) is 14.3. The average molecular weight is 563 g/mol. The van der Waals surface area contributed by atoms with E-state index in [0.29, 0.717) is 0 Å². The molecule has 0 saturated carbocycles. The number of methoxy groups -OCH3 is 1. The van der Waals surface area contributed by atoms with Crippen molar-refractivity contribution in [2.24, 2.45) is 0 Å². The fourth-order valence-corrected chi connectivity index (χ4v) is 2.70. The number of benzene rings is 1. The van der Waals surface area contributed by atoms with Crippen LogP contribution in [0.4, 0.5) is 15.3 Å². The Labute approximate surface area is 198 Å². The maximum Gasteiger partial charge on any atom is 0.514 e. The highest BCUT2D eigenvalue weighted by Gasteiger charge is 2.25. The summed E-state index contributed by atoms with van der Waals surface area (Å²) >= 11 is 2.01. The van der Waals surface area contributed by atoms with Gasteiger partial charge >= 0.3 is 18.2 Å². The molecule has 0 N–H and O–H groups in total. The molecule has 0 heterocycles. The fraction of sp³-hybridized carbons (Fsp3) is 0.476. The maximum atomic E-state index is 12.8. The van der Waals surface area contributed by atoms with Crippen LogP contribution < -0.4 is 9.64 Å². The van der Waals surface area contributed by atoms with Crippen molar-refractivity contribution in [1.82, 2.24) is 0 Å². The zero-order valence-electron chi connectivity index (χ0n) is 18.5. The van der Waals surface area contributed by atoms with Gasteiger partial charge in [-0.15, -0.1) is 0 Å². The topological polar surface area (TPSA) is 91.4 Å². The van der Waals surface area contributed by atoms with E-state index in [2.05, 4.69) is 11.2 Å². The van der Waals surface area contributed by atoms with Gasteiger partial charge < -0.3 is 18.9 Å². The Morgan fingerprint density at radius 3 is 2.16 bits per heavy atom. The monoisotopic (exact) mass is 563 g/mol. The van der Waals surface area contributed by atoms with Gasteiger partial charge in [-0.2, -0.15) is 0 Å². The second-order valence-corrected chi connectivity index (χ2v) is 9.88. The van der Waals surface area contributed by atoms with E-state index in [-0.39, 0.29) is 23.5 Å². The minimum absolute atomic E-state index is 0.00284. The quantitative estimate of drug-likeness (QED) is 0.154. The fourth-order valence-electron chi connectivity index (χ4n) is 2.12. The minimum Gasteiger partial charge on any atom is -0.465 e. The molecule has 0 aromatic heterocycles. The molecule has 8 nitrogen and oxygen atoms in total. The normalized spacial score (nSPS) is 11.0. The molecular formula is C21H26INO7S. The summed E-state index contributed by atoms with van der Waals surface area (Å²) in [5.74, 6) is 2.16. The van der Waals surface area contributed by atoms with E-state index in [1.54, 1.807) is 41.5 Å². The Bertz CT molecular complexity index is 878. The largest absolute Gasteiger partial charge is 0.514 e. The van der Waals surface area contributed by atoms with Crippen LogP contribution in [0.15, 0.2) is 18.2 Å². The third kappa shape index (κ3) is 10.1. The lowest BCUT2D eigenvalue weighted by Crippen LogP contribution is -2.37. The molecule has 0 bridgehead atoms. The van der Waals surface area contributed by atoms with Crippen LogP contribution in [-0.4, -0.2) is 43.1 Å². The van der Waals surface area contributed by atoms with E-state index < -0.39 is 29.4 Å². The highest BCUT2D eigenvalue weighted by atomic mass is 127. The van der Waals surface area contributed by atoms with Gasteiger partial charge in [-0.05, 0) is 67.9 Å². The van der Waals surface area contributed by atoms with Crippen molar-refractivity contribution in [3.8, 4) is 16.9 Å². The summed E-state index contributed by atoms with van der Waals surface area (Å²) in [5, 5.41) is 2.79. The molecule has 1 amide bonds. The third-order valence-electron chi connectivity index (χ3n) is 3.18. The summed E-state index contributed by atoms with van der Waals surface area (Å²) in [7, 11) is 2.48. The van der Waals surface area contributed by atoms with Crippen LogP contribution in [0.2, 0.25) is 0 Å². The molecule has 1 aromatic carbocycles. The molecule has 0 aliphatic rings. The molecule has 0 atom stereocenters. The lowest BCUT2D eigenvalue weighted by Gasteiger charge is -2.26. The number of nitrogens with zero attached hydrogens (tertiary/aromatic N) is 1. The van der Waals surface area contributed by atoms with E-state index in [4.69, 9.17) is 18.9 Å². The average Bonchev–Trinajstić information content (AvgIpc) is 2.61. The predicted molar refractivity (Wildman–Crippen MR) is 128 cm³/mol. The van der Waals surface area contributed by atoms with Crippen LogP contribution in [0.5, 0.6) is 5.75 Å². The minimum atomic E-state index is -0.953. The Kier molecular flexibility index (Phi) is 9.96. The molecule has 0 spiro atoms. The molecule has 1 rings (SSSR count). The number of hydrogen-bond donors (Lipinski definition) is 0. The first kappa shape index (κ1) is 26.9. The maximum absolute atomic E-state index is 12.8. The highest BCUT2D eigenvalue weighted by molar-refractivity contribution is 14.2. The molecule has 0 aliphatic heterocycles. The van der Waals surface area contributed by atoms with Crippen LogP contribution in [0, 0.1) is 11.2 Å². The van der Waals surface area contributed by atoms with Crippen molar-refractivity contribution >= 4 is 54.0 Å². The summed E-state index contributed by atoms with van der Waals surface area (Å²) in [6, 6.07) is 4.16. The number of esters is 1. The Balaban J connectivity index is 3.41. The molecule has 1 aromatic rings. The van der Waals surface area contributed by atoms with E-state index in [1.807, 2.05) is 21.2 Å². The zero-order valence-corrected chi connectivity index (χ0v) is 21.5. The van der Waals surface area contributed by atoms with Gasteiger partial charge in [0.15, 0.2) is 0 Å². The molecule has 0 radical (unpaired) electrons. The lowest BCUT2D eigenvalue weighted by atomic mass is 10.1. The van der Waals surface area contributed by atoms with Crippen LogP contribution in [0.1, 0.15) is 51.9 Å². The van der Waals surface area contributed by atoms with Crippen molar-refractivity contribution in [3.63, 3.8) is 0 Å². The third-order valence-corrected chi connectivity index (χ3v) is 4.06. The van der Waals surface area contributed by atoms with Crippen LogP contribution in [0.25, 0.3) is 0 Å². The van der Waals surface area contributed by atoms with Gasteiger partial charge in [0.1, 0.15) is 17.0 Å². The SMILES string of the molecule is COC(=O)c1cc(OC(=O)OC(C)(C)C)cc(N(CC#CSI)C(=O)OC(C)(C)C)c1. The van der Waals surface area contributed by atoms with Gasteiger partial charge in [0.25, 0.3) is 0 Å². The molecule has 31 heavy (non-hydrogen) atoms. The van der Waals surface area contributed by atoms with Gasteiger partial charge in [-0.1, -0.05) is 5.92 Å². The van der Waals surface area contributed by atoms with Crippen molar-refractivity contribution in [1.29, 1.82) is 0 Å². The Morgan fingerprint density at radius 2 is 1.65 bits per heavy atom. The Morgan fingerprint density at radius 1 is 1.03 bits per heavy atom. The van der Waals surface area contributed by atoms with E-state index in [0.717, 1.165) is 0 Å². The number of hydrogen-bond acceptors (Lipinski definition) is 8. The van der Waals surface area contributed by atoms with Gasteiger partial charge in [0.05, 0.1) is 24.9 Å². The van der Waals surface area contributed by atoms with Gasteiger partial charge in [0.2, 0.25) is 0 Å². The van der Waals surface area contributed by atoms with Gasteiger partial charge in [-0.3, -0.25) is 4.90 Å². The van der Waals surface area contributed by atoms with E-state index in [1.165, 1.54) is 39.1 Å². The molecule has 170 valence electrons. The van der Waals surface area contributed by atoms with E-state index >= 15 is 0 Å². The number of amides is 1. The second kappa shape index (κ2) is 11.5. The molecule has 10 heteroatoms. The lowest BCUT2D eigenvalue weighted by molar-refractivity contribution is 0.0205. The number of ether oxygens (including phenoxy) is 4. The smallest absolute Gasteiger partial charge is 0.465 e. The first-order valence-corrected chi connectivity index (χ1v) is 12.5. The molecule has 0 saturated heterocycles. The second-order valence-electron chi connectivity index (χ2n) is 8.20. The Hall–Kier alpha value is -2.13. The van der Waals surface area contributed by atoms with Crippen molar-refractivity contribution < 1.29 is 33.3 Å². The molecule has 0 unspecified atom stereocenters. The molecular weight excluding hydrogens is 537 g/mol. The van der Waals surface area contributed by atoms with Crippen LogP contribution in [-0.2, 0) is 14.2 Å². The van der Waals surface area contributed by atoms with E-state index in [9.17, 15) is 14.4 Å². The zero-order chi connectivity index (χ0) is 23.8. The van der Waals surface area contributed by atoms with Crippen molar-refractivity contribution in [3.05, 3.63) is 23.8 Å². The first-order valence-electron chi connectivity index (χ1n) is 9.16. The number of carbonyl (C=O) groups is 3. The number of halogens is 1. The van der Waals surface area contributed by atoms with Crippen LogP contribution in [0.3, 0.4) is 0 Å². The summed E-state index contributed by atoms with van der Waals surface area (Å²) < 4.78 is 20.6. The van der Waals surface area contributed by atoms with Crippen LogP contribution >= 0.6 is 30.1 Å². The summed E-state index contributed by atoms with van der Waals surface area (Å²) in [4.78, 5) is 38.3. The summed E-state index contributed by atoms with van der Waals surface area (Å²) in [6.45, 7) is 10.3. The molecule has 0 fully saturated rings. The standard InChI is InChI=1S/C21H26INO7S/c1-20(2,3)29-18(25)23(9-8-10-31-22)15-11-14(17(24)27-7)12-16(13-15)28-19(26)30-21(4,5)6/h11-13H,9H2,1-7H3. The molecule has 0 aliphatic carbocycles. The number of rotatable bonds is 4.